The van der Waals surface area contributed by atoms with Crippen LogP contribution in [0.25, 0.3) is 0 Å². The maximum atomic E-state index is 12.2. The van der Waals surface area contributed by atoms with E-state index >= 15 is 0 Å². The molecule has 0 saturated heterocycles. The van der Waals surface area contributed by atoms with Crippen LogP contribution in [0, 0.1) is 5.92 Å². The Morgan fingerprint density at radius 1 is 1.33 bits per heavy atom. The van der Waals surface area contributed by atoms with E-state index in [1.165, 1.54) is 12.8 Å². The molecule has 0 aliphatic carbocycles. The number of benzene rings is 1. The molecule has 100 valence electrons. The Morgan fingerprint density at radius 2 is 2.11 bits per heavy atom. The second-order valence-corrected chi connectivity index (χ2v) is 4.78. The fraction of sp³-hybridized carbons (Fsp3) is 0.562. The molecule has 0 aliphatic rings. The van der Waals surface area contributed by atoms with Gasteiger partial charge in [-0.25, -0.2) is 0 Å². The van der Waals surface area contributed by atoms with E-state index in [0.717, 1.165) is 24.2 Å². The van der Waals surface area contributed by atoms with Crippen LogP contribution in [0.4, 0.5) is 0 Å². The Morgan fingerprint density at radius 3 is 2.72 bits per heavy atom. The summed E-state index contributed by atoms with van der Waals surface area (Å²) in [6.07, 6.45) is 5.30. The topological polar surface area (TPSA) is 26.3 Å². The third kappa shape index (κ3) is 4.52. The van der Waals surface area contributed by atoms with E-state index in [2.05, 4.69) is 13.8 Å². The summed E-state index contributed by atoms with van der Waals surface area (Å²) in [4.78, 5) is 12.2. The average Bonchev–Trinajstić information content (AvgIpc) is 2.43. The average molecular weight is 248 g/mol. The van der Waals surface area contributed by atoms with Gasteiger partial charge < -0.3 is 4.74 Å². The minimum Gasteiger partial charge on any atom is -0.497 e. The van der Waals surface area contributed by atoms with Crippen LogP contribution in [0.1, 0.15) is 56.3 Å². The third-order valence-corrected chi connectivity index (χ3v) is 3.41. The Labute approximate surface area is 110 Å². The molecule has 1 aromatic rings. The molecule has 18 heavy (non-hydrogen) atoms. The molecule has 0 aromatic heterocycles. The Bertz CT molecular complexity index is 371. The van der Waals surface area contributed by atoms with Crippen molar-refractivity contribution in [3.05, 3.63) is 29.8 Å². The number of carbonyl (C=O) groups is 1. The Hall–Kier alpha value is -1.31. The van der Waals surface area contributed by atoms with Gasteiger partial charge in [0.05, 0.1) is 7.11 Å². The molecule has 2 heteroatoms. The van der Waals surface area contributed by atoms with Crippen LogP contribution in [0.15, 0.2) is 24.3 Å². The first kappa shape index (κ1) is 14.7. The molecule has 1 atom stereocenters. The highest BCUT2D eigenvalue weighted by atomic mass is 16.5. The smallest absolute Gasteiger partial charge is 0.163 e. The van der Waals surface area contributed by atoms with Crippen LogP contribution in [0.2, 0.25) is 0 Å². The lowest BCUT2D eigenvalue weighted by molar-refractivity contribution is 0.0956. The molecule has 0 N–H and O–H groups in total. The van der Waals surface area contributed by atoms with Gasteiger partial charge in [-0.05, 0) is 18.1 Å². The van der Waals surface area contributed by atoms with Crippen molar-refractivity contribution in [2.45, 2.75) is 46.0 Å². The number of ether oxygens (including phenoxy) is 1. The standard InChI is InChI=1S/C16H24O2/c1-4-6-8-13(5-2)11-16(17)14-9-7-10-15(12-14)18-3/h7,9-10,12-13H,4-6,8,11H2,1-3H3. The molecular formula is C16H24O2. The van der Waals surface area contributed by atoms with Gasteiger partial charge in [0.15, 0.2) is 5.78 Å². The number of Topliss-reactive ketones (excluding diaryl/α,β-unsaturated/α-hetero) is 1. The molecule has 2 nitrogen and oxygen atoms in total. The second kappa shape index (κ2) is 7.91. The highest BCUT2D eigenvalue weighted by Gasteiger charge is 2.13. The Kier molecular flexibility index (Phi) is 6.48. The molecule has 0 amide bonds. The first-order valence-electron chi connectivity index (χ1n) is 6.88. The van der Waals surface area contributed by atoms with Crippen molar-refractivity contribution >= 4 is 5.78 Å². The van der Waals surface area contributed by atoms with Crippen molar-refractivity contribution in [3.63, 3.8) is 0 Å². The molecule has 0 spiro atoms. The minimum atomic E-state index is 0.233. The largest absolute Gasteiger partial charge is 0.497 e. The summed E-state index contributed by atoms with van der Waals surface area (Å²) in [5.41, 5.74) is 0.768. The predicted molar refractivity (Wildman–Crippen MR) is 75.2 cm³/mol. The number of hydrogen-bond donors (Lipinski definition) is 0. The summed E-state index contributed by atoms with van der Waals surface area (Å²) >= 11 is 0. The van der Waals surface area contributed by atoms with Crippen LogP contribution in [-0.2, 0) is 0 Å². The van der Waals surface area contributed by atoms with Gasteiger partial charge in [0.2, 0.25) is 0 Å². The van der Waals surface area contributed by atoms with E-state index in [1.54, 1.807) is 7.11 Å². The fourth-order valence-corrected chi connectivity index (χ4v) is 2.12. The van der Waals surface area contributed by atoms with E-state index in [-0.39, 0.29) is 5.78 Å². The second-order valence-electron chi connectivity index (χ2n) is 4.78. The molecule has 1 unspecified atom stereocenters. The van der Waals surface area contributed by atoms with Gasteiger partial charge >= 0.3 is 0 Å². The maximum absolute atomic E-state index is 12.2. The summed E-state index contributed by atoms with van der Waals surface area (Å²) in [6, 6.07) is 7.44. The van der Waals surface area contributed by atoms with Gasteiger partial charge in [-0.1, -0.05) is 51.7 Å². The van der Waals surface area contributed by atoms with Crippen molar-refractivity contribution in [2.24, 2.45) is 5.92 Å². The molecule has 0 saturated carbocycles. The van der Waals surface area contributed by atoms with E-state index in [9.17, 15) is 4.79 Å². The third-order valence-electron chi connectivity index (χ3n) is 3.41. The van der Waals surface area contributed by atoms with Gasteiger partial charge in [-0.2, -0.15) is 0 Å². The van der Waals surface area contributed by atoms with Crippen LogP contribution in [-0.4, -0.2) is 12.9 Å². The molecule has 0 radical (unpaired) electrons. The zero-order valence-corrected chi connectivity index (χ0v) is 11.7. The summed E-state index contributed by atoms with van der Waals surface area (Å²) in [5.74, 6) is 1.50. The van der Waals surface area contributed by atoms with Crippen LogP contribution in [0.3, 0.4) is 0 Å². The van der Waals surface area contributed by atoms with Gasteiger partial charge in [0.25, 0.3) is 0 Å². The van der Waals surface area contributed by atoms with Gasteiger partial charge in [0, 0.05) is 12.0 Å². The summed E-state index contributed by atoms with van der Waals surface area (Å²) in [7, 11) is 1.62. The number of ketones is 1. The molecule has 1 rings (SSSR count). The number of hydrogen-bond acceptors (Lipinski definition) is 2. The van der Waals surface area contributed by atoms with E-state index in [0.29, 0.717) is 12.3 Å². The quantitative estimate of drug-likeness (QED) is 0.634. The lowest BCUT2D eigenvalue weighted by Crippen LogP contribution is -2.08. The van der Waals surface area contributed by atoms with Crippen molar-refractivity contribution in [1.29, 1.82) is 0 Å². The van der Waals surface area contributed by atoms with E-state index in [4.69, 9.17) is 4.74 Å². The van der Waals surface area contributed by atoms with E-state index < -0.39 is 0 Å². The van der Waals surface area contributed by atoms with Gasteiger partial charge in [-0.3, -0.25) is 4.79 Å². The van der Waals surface area contributed by atoms with Crippen molar-refractivity contribution in [1.82, 2.24) is 0 Å². The van der Waals surface area contributed by atoms with E-state index in [1.807, 2.05) is 24.3 Å². The molecule has 0 fully saturated rings. The highest BCUT2D eigenvalue weighted by Crippen LogP contribution is 2.21. The highest BCUT2D eigenvalue weighted by molar-refractivity contribution is 5.96. The van der Waals surface area contributed by atoms with Crippen LogP contribution >= 0.6 is 0 Å². The Balaban J connectivity index is 2.62. The number of rotatable bonds is 8. The van der Waals surface area contributed by atoms with Gasteiger partial charge in [-0.15, -0.1) is 0 Å². The summed E-state index contributed by atoms with van der Waals surface area (Å²) in [5, 5.41) is 0. The number of carbonyl (C=O) groups excluding carboxylic acids is 1. The zero-order valence-electron chi connectivity index (χ0n) is 11.7. The van der Waals surface area contributed by atoms with Crippen molar-refractivity contribution in [2.75, 3.05) is 7.11 Å². The minimum absolute atomic E-state index is 0.233. The van der Waals surface area contributed by atoms with Crippen LogP contribution in [0.5, 0.6) is 5.75 Å². The summed E-state index contributed by atoms with van der Waals surface area (Å²) in [6.45, 7) is 4.36. The molecular weight excluding hydrogens is 224 g/mol. The molecule has 1 aromatic carbocycles. The van der Waals surface area contributed by atoms with Gasteiger partial charge in [0.1, 0.15) is 5.75 Å². The lowest BCUT2D eigenvalue weighted by Gasteiger charge is -2.13. The fourth-order valence-electron chi connectivity index (χ4n) is 2.12. The zero-order chi connectivity index (χ0) is 13.4. The van der Waals surface area contributed by atoms with Crippen molar-refractivity contribution in [3.8, 4) is 5.75 Å². The van der Waals surface area contributed by atoms with Crippen molar-refractivity contribution < 1.29 is 9.53 Å². The SMILES string of the molecule is CCCCC(CC)CC(=O)c1cccc(OC)c1. The number of unbranched alkanes of at least 4 members (excludes halogenated alkanes) is 1. The summed E-state index contributed by atoms with van der Waals surface area (Å²) < 4.78 is 5.15. The number of methoxy groups -OCH3 is 1. The maximum Gasteiger partial charge on any atom is 0.163 e. The molecule has 0 heterocycles. The monoisotopic (exact) mass is 248 g/mol. The molecule has 0 aliphatic heterocycles. The first-order valence-corrected chi connectivity index (χ1v) is 6.88. The lowest BCUT2D eigenvalue weighted by atomic mass is 9.91. The molecule has 0 bridgehead atoms. The van der Waals surface area contributed by atoms with Crippen LogP contribution < -0.4 is 4.74 Å². The predicted octanol–water partition coefficient (Wildman–Crippen LogP) is 4.48. The first-order chi connectivity index (χ1) is 8.71. The normalized spacial score (nSPS) is 12.2.